The van der Waals surface area contributed by atoms with E-state index < -0.39 is 5.91 Å². The number of methoxy groups -OCH3 is 1. The number of hydrogen-bond acceptors (Lipinski definition) is 9. The zero-order valence-corrected chi connectivity index (χ0v) is 16.7. The second kappa shape index (κ2) is 8.45. The summed E-state index contributed by atoms with van der Waals surface area (Å²) in [7, 11) is 1.56. The molecule has 156 valence electrons. The lowest BCUT2D eigenvalue weighted by molar-refractivity contribution is 0.0950. The molecular weight excluding hydrogens is 400 g/mol. The van der Waals surface area contributed by atoms with E-state index in [0.29, 0.717) is 22.6 Å². The van der Waals surface area contributed by atoms with E-state index >= 15 is 0 Å². The zero-order chi connectivity index (χ0) is 21.8. The van der Waals surface area contributed by atoms with Gasteiger partial charge in [-0.1, -0.05) is 47.2 Å². The standard InChI is InChI=1S/C20H18N8O3/c1-12-7-9-13(10-8-12)17-16(23-27-28(17)19-18(21)25-31-26-19)20(29)24-22-11-14-5-3-4-6-15(14)30-2/h3-11H,1-2H3,(H2,21,25)(H,24,29)/b22-11+. The summed E-state index contributed by atoms with van der Waals surface area (Å²) >= 11 is 0. The number of para-hydroxylation sites is 1. The van der Waals surface area contributed by atoms with Crippen molar-refractivity contribution in [2.75, 3.05) is 12.8 Å². The van der Waals surface area contributed by atoms with Crippen LogP contribution in [0, 0.1) is 6.92 Å². The number of carbonyl (C=O) groups excluding carboxylic acids is 1. The average Bonchev–Trinajstić information content (AvgIpc) is 3.40. The number of anilines is 1. The molecule has 0 unspecified atom stereocenters. The molecule has 3 N–H and O–H groups in total. The van der Waals surface area contributed by atoms with Crippen molar-refractivity contribution in [1.29, 1.82) is 0 Å². The van der Waals surface area contributed by atoms with E-state index in [1.54, 1.807) is 13.2 Å². The maximum absolute atomic E-state index is 12.9. The van der Waals surface area contributed by atoms with Gasteiger partial charge in [0.15, 0.2) is 5.69 Å². The number of nitrogens with zero attached hydrogens (tertiary/aromatic N) is 6. The maximum atomic E-state index is 12.9. The van der Waals surface area contributed by atoms with Gasteiger partial charge in [-0.2, -0.15) is 9.78 Å². The highest BCUT2D eigenvalue weighted by Crippen LogP contribution is 2.26. The highest BCUT2D eigenvalue weighted by Gasteiger charge is 2.25. The van der Waals surface area contributed by atoms with E-state index in [0.717, 1.165) is 5.56 Å². The van der Waals surface area contributed by atoms with Gasteiger partial charge in [0.25, 0.3) is 5.91 Å². The van der Waals surface area contributed by atoms with Crippen molar-refractivity contribution in [2.45, 2.75) is 6.92 Å². The molecule has 11 heteroatoms. The highest BCUT2D eigenvalue weighted by atomic mass is 16.6. The molecule has 0 radical (unpaired) electrons. The molecule has 0 aliphatic heterocycles. The quantitative estimate of drug-likeness (QED) is 0.357. The first-order valence-corrected chi connectivity index (χ1v) is 9.16. The Morgan fingerprint density at radius 3 is 2.68 bits per heavy atom. The summed E-state index contributed by atoms with van der Waals surface area (Å²) in [5.41, 5.74) is 11.1. The van der Waals surface area contributed by atoms with Crippen LogP contribution in [0.5, 0.6) is 5.75 Å². The van der Waals surface area contributed by atoms with E-state index in [9.17, 15) is 4.79 Å². The van der Waals surface area contributed by atoms with Crippen LogP contribution >= 0.6 is 0 Å². The van der Waals surface area contributed by atoms with Gasteiger partial charge in [0, 0.05) is 11.1 Å². The van der Waals surface area contributed by atoms with Gasteiger partial charge < -0.3 is 10.5 Å². The third-order valence-corrected chi connectivity index (χ3v) is 4.42. The number of nitrogen functional groups attached to an aromatic ring is 1. The summed E-state index contributed by atoms with van der Waals surface area (Å²) in [6.45, 7) is 1.96. The predicted molar refractivity (Wildman–Crippen MR) is 112 cm³/mol. The van der Waals surface area contributed by atoms with Gasteiger partial charge in [-0.05, 0) is 29.4 Å². The summed E-state index contributed by atoms with van der Waals surface area (Å²) in [5, 5.41) is 19.4. The Morgan fingerprint density at radius 1 is 1.19 bits per heavy atom. The number of hydrogen-bond donors (Lipinski definition) is 2. The van der Waals surface area contributed by atoms with E-state index in [1.807, 2.05) is 49.4 Å². The lowest BCUT2D eigenvalue weighted by Gasteiger charge is -2.06. The maximum Gasteiger partial charge on any atom is 0.294 e. The number of aryl methyl sites for hydroxylation is 1. The molecule has 2 aromatic carbocycles. The first-order chi connectivity index (χ1) is 15.1. The fraction of sp³-hybridized carbons (Fsp3) is 0.100. The Labute approximate surface area is 176 Å². The number of aromatic nitrogens is 5. The molecule has 2 aromatic heterocycles. The normalized spacial score (nSPS) is 11.0. The van der Waals surface area contributed by atoms with E-state index in [-0.39, 0.29) is 17.3 Å². The molecule has 4 rings (SSSR count). The van der Waals surface area contributed by atoms with Crippen molar-refractivity contribution in [3.8, 4) is 22.8 Å². The van der Waals surface area contributed by atoms with Gasteiger partial charge in [-0.25, -0.2) is 10.1 Å². The topological polar surface area (TPSA) is 146 Å². The number of rotatable bonds is 6. The van der Waals surface area contributed by atoms with Crippen LogP contribution in [0.1, 0.15) is 21.6 Å². The second-order valence-corrected chi connectivity index (χ2v) is 6.48. The zero-order valence-electron chi connectivity index (χ0n) is 16.7. The summed E-state index contributed by atoms with van der Waals surface area (Å²) < 4.78 is 11.2. The van der Waals surface area contributed by atoms with Gasteiger partial charge in [0.2, 0.25) is 11.6 Å². The van der Waals surface area contributed by atoms with Gasteiger partial charge >= 0.3 is 0 Å². The number of nitrogens with one attached hydrogen (secondary N) is 1. The Bertz CT molecular complexity index is 1240. The molecule has 4 aromatic rings. The number of benzene rings is 2. The van der Waals surface area contributed by atoms with Crippen LogP contribution in [0.3, 0.4) is 0 Å². The van der Waals surface area contributed by atoms with E-state index in [2.05, 4.69) is 35.8 Å². The largest absolute Gasteiger partial charge is 0.496 e. The third kappa shape index (κ3) is 3.96. The van der Waals surface area contributed by atoms with Crippen molar-refractivity contribution in [3.63, 3.8) is 0 Å². The Hall–Kier alpha value is -4.54. The van der Waals surface area contributed by atoms with Crippen molar-refractivity contribution in [1.82, 2.24) is 30.7 Å². The van der Waals surface area contributed by atoms with Crippen LogP contribution in [-0.4, -0.2) is 44.5 Å². The van der Waals surface area contributed by atoms with E-state index in [4.69, 9.17) is 10.5 Å². The smallest absolute Gasteiger partial charge is 0.294 e. The Morgan fingerprint density at radius 2 is 1.97 bits per heavy atom. The molecule has 11 nitrogen and oxygen atoms in total. The van der Waals surface area contributed by atoms with Crippen LogP contribution in [-0.2, 0) is 0 Å². The Balaban J connectivity index is 1.68. The lowest BCUT2D eigenvalue weighted by Crippen LogP contribution is -2.19. The summed E-state index contributed by atoms with van der Waals surface area (Å²) in [6, 6.07) is 14.8. The molecule has 0 atom stereocenters. The summed E-state index contributed by atoms with van der Waals surface area (Å²) in [5.74, 6) is 0.197. The first kappa shape index (κ1) is 19.8. The number of amides is 1. The number of nitrogens with two attached hydrogens (primary N) is 1. The second-order valence-electron chi connectivity index (χ2n) is 6.48. The van der Waals surface area contributed by atoms with Gasteiger partial charge in [0.1, 0.15) is 11.4 Å². The molecular formula is C20H18N8O3. The first-order valence-electron chi connectivity index (χ1n) is 9.16. The monoisotopic (exact) mass is 418 g/mol. The molecule has 0 saturated heterocycles. The van der Waals surface area contributed by atoms with E-state index in [1.165, 1.54) is 10.9 Å². The van der Waals surface area contributed by atoms with Crippen LogP contribution in [0.25, 0.3) is 17.1 Å². The minimum Gasteiger partial charge on any atom is -0.496 e. The highest BCUT2D eigenvalue weighted by molar-refractivity contribution is 5.99. The van der Waals surface area contributed by atoms with Crippen molar-refractivity contribution in [2.24, 2.45) is 5.10 Å². The molecule has 31 heavy (non-hydrogen) atoms. The number of hydrazone groups is 1. The van der Waals surface area contributed by atoms with Crippen LogP contribution in [0.15, 0.2) is 58.3 Å². The molecule has 0 aliphatic carbocycles. The van der Waals surface area contributed by atoms with Crippen LogP contribution < -0.4 is 15.9 Å². The fourth-order valence-electron chi connectivity index (χ4n) is 2.88. The molecule has 0 bridgehead atoms. The van der Waals surface area contributed by atoms with Crippen LogP contribution in [0.4, 0.5) is 5.82 Å². The predicted octanol–water partition coefficient (Wildman–Crippen LogP) is 1.98. The van der Waals surface area contributed by atoms with Gasteiger partial charge in [-0.15, -0.1) is 5.10 Å². The molecule has 0 spiro atoms. The number of ether oxygens (including phenoxy) is 1. The molecule has 0 fully saturated rings. The molecule has 0 aliphatic rings. The van der Waals surface area contributed by atoms with Crippen LogP contribution in [0.2, 0.25) is 0 Å². The molecule has 2 heterocycles. The molecule has 1 amide bonds. The summed E-state index contributed by atoms with van der Waals surface area (Å²) in [6.07, 6.45) is 1.48. The third-order valence-electron chi connectivity index (χ3n) is 4.42. The Kier molecular flexibility index (Phi) is 5.39. The average molecular weight is 418 g/mol. The lowest BCUT2D eigenvalue weighted by atomic mass is 10.1. The van der Waals surface area contributed by atoms with Gasteiger partial charge in [0.05, 0.1) is 13.3 Å². The summed E-state index contributed by atoms with van der Waals surface area (Å²) in [4.78, 5) is 12.9. The van der Waals surface area contributed by atoms with Crippen molar-refractivity contribution in [3.05, 3.63) is 65.4 Å². The minimum atomic E-state index is -0.567. The van der Waals surface area contributed by atoms with Crippen molar-refractivity contribution < 1.29 is 14.2 Å². The fourth-order valence-corrected chi connectivity index (χ4v) is 2.88. The van der Waals surface area contributed by atoms with Gasteiger partial charge in [-0.3, -0.25) is 4.79 Å². The number of carbonyl (C=O) groups is 1. The van der Waals surface area contributed by atoms with Crippen molar-refractivity contribution >= 4 is 17.9 Å². The SMILES string of the molecule is COc1ccccc1/C=N/NC(=O)c1nnn(-c2nonc2N)c1-c1ccc(C)cc1. The minimum absolute atomic E-state index is 0.0133. The molecule has 0 saturated carbocycles.